The number of ether oxygens (including phenoxy) is 2. The van der Waals surface area contributed by atoms with Crippen LogP contribution in [0.1, 0.15) is 17.5 Å². The molecule has 0 spiro atoms. The van der Waals surface area contributed by atoms with E-state index < -0.39 is 29.1 Å². The number of rotatable bonds is 4. The first kappa shape index (κ1) is 21.5. The summed E-state index contributed by atoms with van der Waals surface area (Å²) in [4.78, 5) is 41.5. The molecule has 166 valence electrons. The van der Waals surface area contributed by atoms with Crippen LogP contribution in [0.3, 0.4) is 0 Å². The average Bonchev–Trinajstić information content (AvgIpc) is 3.26. The maximum absolute atomic E-state index is 13.8. The lowest BCUT2D eigenvalue weighted by Crippen LogP contribution is -2.46. The van der Waals surface area contributed by atoms with Crippen LogP contribution < -0.4 is 14.4 Å². The Morgan fingerprint density at radius 3 is 2.42 bits per heavy atom. The third-order valence-electron chi connectivity index (χ3n) is 6.17. The molecule has 3 aromatic carbocycles. The number of fused-ring (bicyclic) bond motifs is 1. The highest BCUT2D eigenvalue weighted by Gasteiger charge is 2.62. The fraction of sp³-hybridized carbons (Fsp3) is 0.160. The van der Waals surface area contributed by atoms with Crippen LogP contribution in [0.15, 0.2) is 66.7 Å². The first-order chi connectivity index (χ1) is 15.9. The summed E-state index contributed by atoms with van der Waals surface area (Å²) < 4.78 is 11.0. The van der Waals surface area contributed by atoms with Crippen LogP contribution in [0.5, 0.6) is 11.5 Å². The van der Waals surface area contributed by atoms with E-state index in [9.17, 15) is 14.4 Å². The summed E-state index contributed by atoms with van der Waals surface area (Å²) in [6.07, 6.45) is -0.181. The predicted octanol–water partition coefficient (Wildman–Crippen LogP) is 4.79. The molecule has 0 unspecified atom stereocenters. The van der Waals surface area contributed by atoms with E-state index in [1.807, 2.05) is 0 Å². The van der Waals surface area contributed by atoms with Crippen LogP contribution in [0.25, 0.3) is 0 Å². The number of amides is 2. The fourth-order valence-electron chi connectivity index (χ4n) is 4.70. The van der Waals surface area contributed by atoms with Crippen molar-refractivity contribution in [2.75, 3.05) is 12.0 Å². The number of carbonyl (C=O) groups is 3. The second-order valence-electron chi connectivity index (χ2n) is 7.87. The number of halogens is 2. The Morgan fingerprint density at radius 1 is 0.970 bits per heavy atom. The molecule has 0 bridgehead atoms. The molecule has 2 aliphatic rings. The lowest BCUT2D eigenvalue weighted by atomic mass is 9.65. The lowest BCUT2D eigenvalue weighted by Gasteiger charge is -2.31. The Morgan fingerprint density at radius 2 is 1.73 bits per heavy atom. The molecule has 5 rings (SSSR count). The van der Waals surface area contributed by atoms with Gasteiger partial charge in [-0.3, -0.25) is 19.3 Å². The number of imide groups is 1. The molecule has 3 aromatic rings. The first-order valence-electron chi connectivity index (χ1n) is 10.2. The van der Waals surface area contributed by atoms with Gasteiger partial charge in [-0.25, -0.2) is 0 Å². The van der Waals surface area contributed by atoms with Crippen molar-refractivity contribution in [1.29, 1.82) is 0 Å². The van der Waals surface area contributed by atoms with E-state index in [4.69, 9.17) is 32.7 Å². The number of anilines is 1. The minimum Gasteiger partial charge on any atom is -0.497 e. The van der Waals surface area contributed by atoms with E-state index in [0.29, 0.717) is 38.4 Å². The van der Waals surface area contributed by atoms with Crippen molar-refractivity contribution in [3.05, 3.63) is 87.9 Å². The van der Waals surface area contributed by atoms with Crippen molar-refractivity contribution in [3.8, 4) is 11.5 Å². The lowest BCUT2D eigenvalue weighted by molar-refractivity contribution is -0.141. The van der Waals surface area contributed by atoms with Gasteiger partial charge in [0, 0.05) is 22.0 Å². The van der Waals surface area contributed by atoms with Crippen molar-refractivity contribution >= 4 is 46.7 Å². The monoisotopic (exact) mass is 481 g/mol. The van der Waals surface area contributed by atoms with Gasteiger partial charge in [-0.05, 0) is 54.1 Å². The highest BCUT2D eigenvalue weighted by Crippen LogP contribution is 2.53. The normalized spacial score (nSPS) is 21.8. The Bertz CT molecular complexity index is 1310. The number of hydrogen-bond donors (Lipinski definition) is 0. The van der Waals surface area contributed by atoms with Crippen LogP contribution in [0, 0.1) is 5.92 Å². The Hall–Kier alpha value is -3.35. The first-order valence-corrected chi connectivity index (χ1v) is 10.9. The van der Waals surface area contributed by atoms with Gasteiger partial charge in [0.1, 0.15) is 16.9 Å². The van der Waals surface area contributed by atoms with Gasteiger partial charge in [0.05, 0.1) is 18.7 Å². The summed E-state index contributed by atoms with van der Waals surface area (Å²) >= 11 is 12.2. The average molecular weight is 482 g/mol. The van der Waals surface area contributed by atoms with Gasteiger partial charge in [0.15, 0.2) is 0 Å². The highest BCUT2D eigenvalue weighted by molar-refractivity contribution is 6.31. The molecular formula is C25H17Cl2NO5. The number of methoxy groups -OCH3 is 1. The smallest absolute Gasteiger partial charge is 0.327 e. The van der Waals surface area contributed by atoms with Gasteiger partial charge in [-0.1, -0.05) is 41.4 Å². The maximum atomic E-state index is 13.8. The summed E-state index contributed by atoms with van der Waals surface area (Å²) in [7, 11) is 1.51. The second kappa shape index (κ2) is 7.90. The summed E-state index contributed by atoms with van der Waals surface area (Å²) in [5, 5.41) is 0.861. The molecule has 2 amide bonds. The fourth-order valence-corrected chi connectivity index (χ4v) is 5.01. The molecular weight excluding hydrogens is 465 g/mol. The van der Waals surface area contributed by atoms with E-state index in [2.05, 4.69) is 0 Å². The van der Waals surface area contributed by atoms with Gasteiger partial charge in [-0.2, -0.15) is 0 Å². The van der Waals surface area contributed by atoms with Crippen LogP contribution in [0.4, 0.5) is 5.69 Å². The van der Waals surface area contributed by atoms with E-state index in [-0.39, 0.29) is 6.42 Å². The zero-order valence-corrected chi connectivity index (χ0v) is 18.9. The van der Waals surface area contributed by atoms with Gasteiger partial charge in [0.2, 0.25) is 11.8 Å². The third-order valence-corrected chi connectivity index (χ3v) is 6.66. The third kappa shape index (κ3) is 3.21. The molecule has 2 atom stereocenters. The molecule has 0 aliphatic carbocycles. The van der Waals surface area contributed by atoms with E-state index in [1.54, 1.807) is 66.7 Å². The van der Waals surface area contributed by atoms with Gasteiger partial charge < -0.3 is 9.47 Å². The van der Waals surface area contributed by atoms with E-state index >= 15 is 0 Å². The maximum Gasteiger partial charge on any atom is 0.327 e. The highest BCUT2D eigenvalue weighted by atomic mass is 35.5. The molecule has 0 saturated carbocycles. The molecule has 0 aromatic heterocycles. The zero-order chi connectivity index (χ0) is 23.3. The number of carbonyl (C=O) groups excluding carboxylic acids is 3. The molecule has 6 nitrogen and oxygen atoms in total. The zero-order valence-electron chi connectivity index (χ0n) is 17.4. The number of benzene rings is 3. The standard InChI is InChI=1S/C25H17Cl2NO5/c1-32-18-9-10-21-19(12-18)25(24(31)33-21,14-5-7-15(26)8-6-14)20-13-22(29)28(23(20)30)17-4-2-3-16(27)11-17/h2-12,20H,13H2,1H3/t20-,25+/m1/s1. The summed E-state index contributed by atoms with van der Waals surface area (Å²) in [6, 6.07) is 18.1. The van der Waals surface area contributed by atoms with Crippen molar-refractivity contribution in [2.45, 2.75) is 11.8 Å². The molecule has 2 aliphatic heterocycles. The van der Waals surface area contributed by atoms with Gasteiger partial charge >= 0.3 is 5.97 Å². The van der Waals surface area contributed by atoms with Crippen molar-refractivity contribution in [3.63, 3.8) is 0 Å². The molecule has 0 N–H and O–H groups in total. The number of esters is 1. The van der Waals surface area contributed by atoms with Crippen molar-refractivity contribution in [2.24, 2.45) is 5.92 Å². The van der Waals surface area contributed by atoms with Crippen LogP contribution >= 0.6 is 23.2 Å². The molecule has 0 radical (unpaired) electrons. The number of hydrogen-bond acceptors (Lipinski definition) is 5. The Balaban J connectivity index is 1.72. The van der Waals surface area contributed by atoms with Crippen LogP contribution in [-0.4, -0.2) is 24.9 Å². The molecule has 33 heavy (non-hydrogen) atoms. The number of nitrogens with zero attached hydrogens (tertiary/aromatic N) is 1. The minimum atomic E-state index is -1.55. The van der Waals surface area contributed by atoms with Crippen LogP contribution in [-0.2, 0) is 19.8 Å². The summed E-state index contributed by atoms with van der Waals surface area (Å²) in [5.74, 6) is -1.79. The molecule has 2 heterocycles. The summed E-state index contributed by atoms with van der Waals surface area (Å²) in [6.45, 7) is 0. The minimum absolute atomic E-state index is 0.181. The SMILES string of the molecule is COc1ccc2c(c1)[C@@](c1ccc(Cl)cc1)([C@@H]1CC(=O)N(c3cccc(Cl)c3)C1=O)C(=O)O2. The van der Waals surface area contributed by atoms with Crippen molar-refractivity contribution in [1.82, 2.24) is 0 Å². The molecule has 1 saturated heterocycles. The predicted molar refractivity (Wildman–Crippen MR) is 123 cm³/mol. The topological polar surface area (TPSA) is 72.9 Å². The molecule has 1 fully saturated rings. The van der Waals surface area contributed by atoms with E-state index in [0.717, 1.165) is 4.90 Å². The second-order valence-corrected chi connectivity index (χ2v) is 8.74. The van der Waals surface area contributed by atoms with E-state index in [1.165, 1.54) is 7.11 Å². The molecule has 8 heteroatoms. The van der Waals surface area contributed by atoms with Crippen molar-refractivity contribution < 1.29 is 23.9 Å². The Kier molecular flexibility index (Phi) is 5.15. The summed E-state index contributed by atoms with van der Waals surface area (Å²) in [5.41, 5.74) is -0.228. The van der Waals surface area contributed by atoms with Gasteiger partial charge in [-0.15, -0.1) is 0 Å². The largest absolute Gasteiger partial charge is 0.497 e. The quantitative estimate of drug-likeness (QED) is 0.304. The Labute approximate surface area is 199 Å². The van der Waals surface area contributed by atoms with Crippen LogP contribution in [0.2, 0.25) is 10.0 Å². The van der Waals surface area contributed by atoms with Gasteiger partial charge in [0.25, 0.3) is 0 Å².